The summed E-state index contributed by atoms with van der Waals surface area (Å²) in [5.41, 5.74) is 1.94. The molecule has 0 spiro atoms. The van der Waals surface area contributed by atoms with Crippen molar-refractivity contribution >= 4 is 11.5 Å². The van der Waals surface area contributed by atoms with Gasteiger partial charge in [-0.15, -0.1) is 0 Å². The molecular formula is C16H14FNO. The summed E-state index contributed by atoms with van der Waals surface area (Å²) in [4.78, 5) is 11.8. The number of anilines is 1. The molecule has 0 unspecified atom stereocenters. The lowest BCUT2D eigenvalue weighted by Gasteiger charge is -2.02. The van der Waals surface area contributed by atoms with Crippen molar-refractivity contribution in [3.8, 4) is 0 Å². The zero-order chi connectivity index (χ0) is 13.7. The van der Waals surface area contributed by atoms with Crippen molar-refractivity contribution in [2.24, 2.45) is 0 Å². The first-order valence-electron chi connectivity index (χ1n) is 5.95. The van der Waals surface area contributed by atoms with Crippen LogP contribution < -0.4 is 5.32 Å². The largest absolute Gasteiger partial charge is 0.362 e. The van der Waals surface area contributed by atoms with E-state index < -0.39 is 0 Å². The van der Waals surface area contributed by atoms with Crippen molar-refractivity contribution in [2.45, 2.75) is 6.92 Å². The molecule has 2 aromatic carbocycles. The Morgan fingerprint density at radius 1 is 1.16 bits per heavy atom. The standard InChI is InChI=1S/C16H14FNO/c1-12-11-14(7-8-15(12)17)18-10-9-16(19)13-5-3-2-4-6-13/h2-11,18H,1H3. The average Bonchev–Trinajstić information content (AvgIpc) is 2.43. The molecular weight excluding hydrogens is 241 g/mol. The fourth-order valence-corrected chi connectivity index (χ4v) is 1.65. The van der Waals surface area contributed by atoms with Gasteiger partial charge in [-0.2, -0.15) is 0 Å². The van der Waals surface area contributed by atoms with Gasteiger partial charge in [0.05, 0.1) is 0 Å². The van der Waals surface area contributed by atoms with Crippen LogP contribution in [0, 0.1) is 12.7 Å². The summed E-state index contributed by atoms with van der Waals surface area (Å²) in [5.74, 6) is -0.318. The van der Waals surface area contributed by atoms with Gasteiger partial charge in [0.1, 0.15) is 5.82 Å². The molecule has 0 radical (unpaired) electrons. The van der Waals surface area contributed by atoms with Crippen molar-refractivity contribution in [3.63, 3.8) is 0 Å². The van der Waals surface area contributed by atoms with Crippen molar-refractivity contribution in [1.82, 2.24) is 0 Å². The Kier molecular flexibility index (Phi) is 4.08. The molecule has 2 rings (SSSR count). The highest BCUT2D eigenvalue weighted by molar-refractivity contribution is 6.04. The van der Waals surface area contributed by atoms with Crippen molar-refractivity contribution < 1.29 is 9.18 Å². The van der Waals surface area contributed by atoms with E-state index in [2.05, 4.69) is 5.32 Å². The van der Waals surface area contributed by atoms with Crippen molar-refractivity contribution in [1.29, 1.82) is 0 Å². The topological polar surface area (TPSA) is 29.1 Å². The van der Waals surface area contributed by atoms with Crippen LogP contribution in [0.4, 0.5) is 10.1 Å². The number of ketones is 1. The van der Waals surface area contributed by atoms with Crippen LogP contribution in [0.2, 0.25) is 0 Å². The van der Waals surface area contributed by atoms with Crippen LogP contribution in [0.15, 0.2) is 60.8 Å². The number of carbonyl (C=O) groups is 1. The van der Waals surface area contributed by atoms with E-state index in [9.17, 15) is 9.18 Å². The highest BCUT2D eigenvalue weighted by Gasteiger charge is 2.00. The zero-order valence-corrected chi connectivity index (χ0v) is 10.6. The van der Waals surface area contributed by atoms with Crippen LogP contribution in [-0.4, -0.2) is 5.78 Å². The number of carbonyl (C=O) groups excluding carboxylic acids is 1. The van der Waals surface area contributed by atoms with E-state index in [-0.39, 0.29) is 11.6 Å². The molecule has 2 nitrogen and oxygen atoms in total. The van der Waals surface area contributed by atoms with E-state index in [1.807, 2.05) is 18.2 Å². The highest BCUT2D eigenvalue weighted by Crippen LogP contribution is 2.13. The Labute approximate surface area is 111 Å². The van der Waals surface area contributed by atoms with Crippen molar-refractivity contribution in [3.05, 3.63) is 77.8 Å². The van der Waals surface area contributed by atoms with Gasteiger partial charge >= 0.3 is 0 Å². The number of halogens is 1. The quantitative estimate of drug-likeness (QED) is 0.662. The second-order valence-electron chi connectivity index (χ2n) is 4.17. The highest BCUT2D eigenvalue weighted by atomic mass is 19.1. The number of allylic oxidation sites excluding steroid dienone is 1. The Balaban J connectivity index is 2.00. The number of aryl methyl sites for hydroxylation is 1. The summed E-state index contributed by atoms with van der Waals surface area (Å²) in [6.45, 7) is 1.69. The lowest BCUT2D eigenvalue weighted by Crippen LogP contribution is -1.96. The predicted molar refractivity (Wildman–Crippen MR) is 74.7 cm³/mol. The first-order chi connectivity index (χ1) is 9.16. The number of rotatable bonds is 4. The summed E-state index contributed by atoms with van der Waals surface area (Å²) in [5, 5.41) is 2.95. The van der Waals surface area contributed by atoms with Gasteiger partial charge in [0.2, 0.25) is 0 Å². The molecule has 96 valence electrons. The Morgan fingerprint density at radius 3 is 2.58 bits per heavy atom. The third-order valence-electron chi connectivity index (χ3n) is 2.70. The van der Waals surface area contributed by atoms with Gasteiger partial charge < -0.3 is 5.32 Å². The molecule has 2 aromatic rings. The Hall–Kier alpha value is -2.42. The molecule has 0 aromatic heterocycles. The first kappa shape index (κ1) is 13.0. The monoisotopic (exact) mass is 255 g/mol. The lowest BCUT2D eigenvalue weighted by molar-refractivity contribution is 0.104. The van der Waals surface area contributed by atoms with Gasteiger partial charge in [0, 0.05) is 23.5 Å². The molecule has 0 aliphatic carbocycles. The van der Waals surface area contributed by atoms with Gasteiger partial charge in [0.25, 0.3) is 0 Å². The van der Waals surface area contributed by atoms with Crippen LogP contribution >= 0.6 is 0 Å². The predicted octanol–water partition coefficient (Wildman–Crippen LogP) is 3.94. The molecule has 0 amide bonds. The fraction of sp³-hybridized carbons (Fsp3) is 0.0625. The van der Waals surface area contributed by atoms with E-state index in [0.29, 0.717) is 11.1 Å². The summed E-state index contributed by atoms with van der Waals surface area (Å²) in [6.07, 6.45) is 3.01. The second kappa shape index (κ2) is 5.96. The third kappa shape index (κ3) is 3.52. The second-order valence-corrected chi connectivity index (χ2v) is 4.17. The maximum absolute atomic E-state index is 13.1. The third-order valence-corrected chi connectivity index (χ3v) is 2.70. The Morgan fingerprint density at radius 2 is 1.89 bits per heavy atom. The molecule has 0 saturated heterocycles. The molecule has 0 heterocycles. The van der Waals surface area contributed by atoms with E-state index in [4.69, 9.17) is 0 Å². The molecule has 0 bridgehead atoms. The van der Waals surface area contributed by atoms with Crippen LogP contribution in [0.1, 0.15) is 15.9 Å². The molecule has 0 atom stereocenters. The molecule has 0 fully saturated rings. The van der Waals surface area contributed by atoms with E-state index >= 15 is 0 Å². The van der Waals surface area contributed by atoms with Crippen LogP contribution in [0.5, 0.6) is 0 Å². The van der Waals surface area contributed by atoms with Crippen molar-refractivity contribution in [2.75, 3.05) is 5.32 Å². The van der Waals surface area contributed by atoms with Crippen LogP contribution in [-0.2, 0) is 0 Å². The van der Waals surface area contributed by atoms with Gasteiger partial charge in [-0.05, 0) is 30.7 Å². The van der Waals surface area contributed by atoms with E-state index in [0.717, 1.165) is 5.69 Å². The maximum atomic E-state index is 13.1. The first-order valence-corrected chi connectivity index (χ1v) is 5.95. The van der Waals surface area contributed by atoms with E-state index in [1.54, 1.807) is 37.4 Å². The average molecular weight is 255 g/mol. The number of hydrogen-bond acceptors (Lipinski definition) is 2. The molecule has 1 N–H and O–H groups in total. The fourth-order valence-electron chi connectivity index (χ4n) is 1.65. The van der Waals surface area contributed by atoms with Gasteiger partial charge in [-0.1, -0.05) is 30.3 Å². The molecule has 19 heavy (non-hydrogen) atoms. The van der Waals surface area contributed by atoms with Crippen LogP contribution in [0.25, 0.3) is 0 Å². The Bertz CT molecular complexity index is 605. The van der Waals surface area contributed by atoms with E-state index in [1.165, 1.54) is 12.1 Å². The maximum Gasteiger partial charge on any atom is 0.187 e. The molecule has 0 aliphatic heterocycles. The minimum absolute atomic E-state index is 0.0769. The number of nitrogens with one attached hydrogen (secondary N) is 1. The normalized spacial score (nSPS) is 10.6. The summed E-state index contributed by atoms with van der Waals surface area (Å²) >= 11 is 0. The van der Waals surface area contributed by atoms with Crippen LogP contribution in [0.3, 0.4) is 0 Å². The van der Waals surface area contributed by atoms with Gasteiger partial charge in [-0.3, -0.25) is 4.79 Å². The number of benzene rings is 2. The zero-order valence-electron chi connectivity index (χ0n) is 10.6. The minimum Gasteiger partial charge on any atom is -0.362 e. The smallest absolute Gasteiger partial charge is 0.187 e. The lowest BCUT2D eigenvalue weighted by atomic mass is 10.1. The SMILES string of the molecule is Cc1cc(NC=CC(=O)c2ccccc2)ccc1F. The molecule has 0 aliphatic rings. The molecule has 0 saturated carbocycles. The summed E-state index contributed by atoms with van der Waals surface area (Å²) in [7, 11) is 0. The minimum atomic E-state index is -0.241. The summed E-state index contributed by atoms with van der Waals surface area (Å²) in [6, 6.07) is 13.7. The van der Waals surface area contributed by atoms with Gasteiger partial charge in [-0.25, -0.2) is 4.39 Å². The van der Waals surface area contributed by atoms with Gasteiger partial charge in [0.15, 0.2) is 5.78 Å². The number of hydrogen-bond donors (Lipinski definition) is 1. The summed E-state index contributed by atoms with van der Waals surface area (Å²) < 4.78 is 13.1. The molecule has 3 heteroatoms.